The van der Waals surface area contributed by atoms with Crippen LogP contribution < -0.4 is 14.5 Å². The first-order valence-electron chi connectivity index (χ1n) is 24.9. The van der Waals surface area contributed by atoms with Crippen LogP contribution in [0.4, 0.5) is 11.4 Å². The van der Waals surface area contributed by atoms with Gasteiger partial charge in [-0.15, -0.1) is 53.6 Å². The van der Waals surface area contributed by atoms with E-state index in [9.17, 15) is 2.74 Å². The van der Waals surface area contributed by atoms with Crippen molar-refractivity contribution in [3.8, 4) is 28.4 Å². The minimum atomic E-state index is -0.470. The molecule has 0 N–H and O–H groups in total. The molecule has 0 unspecified atom stereocenters. The van der Waals surface area contributed by atoms with Crippen LogP contribution in [-0.2, 0) is 42.7 Å². The average molecular weight is 1100 g/mol. The molecule has 3 heterocycles. The van der Waals surface area contributed by atoms with Crippen LogP contribution in [0.3, 0.4) is 0 Å². The molecule has 0 saturated carbocycles. The normalized spacial score (nSPS) is 14.0. The first-order chi connectivity index (χ1) is 33.8. The maximum Gasteiger partial charge on any atom is 0.135 e. The van der Waals surface area contributed by atoms with Gasteiger partial charge in [0, 0.05) is 55.4 Å². The molecule has 5 nitrogen and oxygen atoms in total. The molecule has 0 atom stereocenters. The number of fused-ring (bicyclic) bond motifs is 3. The van der Waals surface area contributed by atoms with E-state index in [4.69, 9.17) is 9.72 Å². The van der Waals surface area contributed by atoms with E-state index in [-0.39, 0.29) is 49.7 Å². The molecule has 356 valence electrons. The maximum absolute atomic E-state index is 9.44. The molecule has 70 heavy (non-hydrogen) atoms. The van der Waals surface area contributed by atoms with Gasteiger partial charge in [-0.05, 0) is 103 Å². The van der Waals surface area contributed by atoms with E-state index < -0.39 is 5.41 Å². The molecular weight excluding hydrogens is 1040 g/mol. The van der Waals surface area contributed by atoms with Gasteiger partial charge in [-0.1, -0.05) is 184 Å². The van der Waals surface area contributed by atoms with Gasteiger partial charge in [0.15, 0.2) is 0 Å². The van der Waals surface area contributed by atoms with Crippen molar-refractivity contribution in [1.29, 1.82) is 0 Å². The Hall–Kier alpha value is -6.68. The molecule has 0 saturated heterocycles. The van der Waals surface area contributed by atoms with Crippen molar-refractivity contribution in [2.24, 2.45) is 0 Å². The van der Waals surface area contributed by atoms with Gasteiger partial charge in [0.1, 0.15) is 5.82 Å². The molecule has 0 spiro atoms. The molecule has 7 aromatic carbocycles. The largest absolute Gasteiger partial charge is 0.509 e. The Morgan fingerprint density at radius 2 is 1.10 bits per heavy atom. The predicted octanol–water partition coefficient (Wildman–Crippen LogP) is 16.4. The molecule has 0 fully saturated rings. The van der Waals surface area contributed by atoms with Gasteiger partial charge >= 0.3 is 0 Å². The number of pyridine rings is 1. The van der Waals surface area contributed by atoms with Crippen LogP contribution in [0.1, 0.15) is 105 Å². The molecular formula is C64H61N4OPt-3. The fourth-order valence-corrected chi connectivity index (χ4v) is 9.35. The summed E-state index contributed by atoms with van der Waals surface area (Å²) >= 11 is 0. The van der Waals surface area contributed by atoms with Gasteiger partial charge in [0.05, 0.1) is 2.74 Å². The van der Waals surface area contributed by atoms with Crippen molar-refractivity contribution in [2.75, 3.05) is 9.80 Å². The molecule has 10 rings (SSSR count). The Balaban J connectivity index is 0.00000640. The Bertz CT molecular complexity index is 3450. The molecule has 0 aliphatic carbocycles. The second-order valence-corrected chi connectivity index (χ2v) is 21.5. The van der Waals surface area contributed by atoms with Crippen molar-refractivity contribution in [3.63, 3.8) is 0 Å². The molecule has 0 amide bonds. The number of aromatic nitrogens is 2. The fraction of sp³-hybridized carbons (Fsp3) is 0.219. The summed E-state index contributed by atoms with van der Waals surface area (Å²) in [6.45, 7) is 24.0. The van der Waals surface area contributed by atoms with E-state index in [0.29, 0.717) is 17.2 Å². The van der Waals surface area contributed by atoms with Gasteiger partial charge in [-0.25, -0.2) is 4.98 Å². The van der Waals surface area contributed by atoms with E-state index in [1.807, 2.05) is 42.0 Å². The van der Waals surface area contributed by atoms with Crippen LogP contribution in [0.25, 0.3) is 38.8 Å². The third-order valence-corrected chi connectivity index (χ3v) is 13.9. The molecule has 9 aromatic rings. The van der Waals surface area contributed by atoms with Crippen molar-refractivity contribution in [3.05, 3.63) is 235 Å². The van der Waals surface area contributed by atoms with E-state index in [1.165, 1.54) is 16.7 Å². The zero-order valence-corrected chi connectivity index (χ0v) is 44.0. The van der Waals surface area contributed by atoms with E-state index in [2.05, 4.69) is 225 Å². The molecule has 0 radical (unpaired) electrons. The van der Waals surface area contributed by atoms with E-state index in [1.54, 1.807) is 4.90 Å². The molecule has 0 bridgehead atoms. The third kappa shape index (κ3) is 9.37. The Morgan fingerprint density at radius 1 is 0.500 bits per heavy atom. The number of hydrogen-bond acceptors (Lipinski definition) is 4. The minimum absolute atomic E-state index is 0. The van der Waals surface area contributed by atoms with E-state index in [0.717, 1.165) is 61.1 Å². The number of hydrogen-bond donors (Lipinski definition) is 0. The predicted molar refractivity (Wildman–Crippen MR) is 288 cm³/mol. The fourth-order valence-electron chi connectivity index (χ4n) is 9.35. The van der Waals surface area contributed by atoms with Crippen LogP contribution >= 0.6 is 0 Å². The van der Waals surface area contributed by atoms with Crippen LogP contribution in [0, 0.1) is 18.8 Å². The SMILES string of the molecule is [2H]C1=C([2H])N(c2cc(C(C)(C)C)cc(C(C)(C)C)c2)[CH-]N1c1[c-]c(Oc2[c-]c3c(cc2)c2cc(-c4ccccc4)ccc2n3-c2cc(C(C)(C)c3ccccc3)ccn2)cc(C(C)(C)c2ccccc2)c1.[Pt]. The summed E-state index contributed by atoms with van der Waals surface area (Å²) in [6, 6.07) is 64.5. The van der Waals surface area contributed by atoms with Gasteiger partial charge in [0.25, 0.3) is 0 Å². The second-order valence-electron chi connectivity index (χ2n) is 21.5. The summed E-state index contributed by atoms with van der Waals surface area (Å²) in [4.78, 5) is 8.58. The zero-order chi connectivity index (χ0) is 50.0. The summed E-state index contributed by atoms with van der Waals surface area (Å²) in [7, 11) is 0. The van der Waals surface area contributed by atoms with Gasteiger partial charge < -0.3 is 19.1 Å². The standard InChI is InChI=1S/C64H61N4O.Pt/c1-61(2,3)49-35-50(62(4,5)6)37-52(36-49)66-32-33-67(43-66)53-38-51(64(9,10)47-24-18-13-19-25-47)39-55(41-53)69-54-27-28-56-57-34-45(44-20-14-11-15-21-44)26-29-58(57)68(59(56)42-54)60-40-48(30-31-65-60)63(7,8)46-22-16-12-17-23-46;/h11-40,43H,1-10H3;/q-3;/i32D,33D;. The quantitative estimate of drug-likeness (QED) is 0.128. The summed E-state index contributed by atoms with van der Waals surface area (Å²) in [6.07, 6.45) is 2.02. The molecule has 1 aliphatic heterocycles. The molecule has 2 aromatic heterocycles. The maximum atomic E-state index is 9.44. The number of ether oxygens (including phenoxy) is 1. The van der Waals surface area contributed by atoms with E-state index >= 15 is 0 Å². The smallest absolute Gasteiger partial charge is 0.135 e. The Morgan fingerprint density at radius 3 is 1.73 bits per heavy atom. The second kappa shape index (κ2) is 18.6. The van der Waals surface area contributed by atoms with Gasteiger partial charge in [-0.2, -0.15) is 6.07 Å². The first kappa shape index (κ1) is 45.7. The van der Waals surface area contributed by atoms with Crippen molar-refractivity contribution < 1.29 is 28.5 Å². The van der Waals surface area contributed by atoms with Crippen molar-refractivity contribution in [2.45, 2.75) is 90.9 Å². The number of nitrogens with zero attached hydrogens (tertiary/aromatic N) is 4. The van der Waals surface area contributed by atoms with Gasteiger partial charge in [-0.3, -0.25) is 0 Å². The molecule has 1 aliphatic rings. The Labute approximate surface area is 432 Å². The van der Waals surface area contributed by atoms with Crippen LogP contribution in [0.5, 0.6) is 11.5 Å². The summed E-state index contributed by atoms with van der Waals surface area (Å²) < 4.78 is 27.9. The number of benzene rings is 7. The van der Waals surface area contributed by atoms with Crippen LogP contribution in [-0.4, -0.2) is 9.55 Å². The van der Waals surface area contributed by atoms with Gasteiger partial charge in [0.2, 0.25) is 0 Å². The average Bonchev–Trinajstić information content (AvgIpc) is 3.85. The summed E-state index contributed by atoms with van der Waals surface area (Å²) in [5.74, 6) is 1.75. The monoisotopic (exact) mass is 1100 g/mol. The van der Waals surface area contributed by atoms with Crippen LogP contribution in [0.2, 0.25) is 0 Å². The van der Waals surface area contributed by atoms with Crippen molar-refractivity contribution >= 4 is 33.2 Å². The number of rotatable bonds is 10. The topological polar surface area (TPSA) is 33.5 Å². The summed E-state index contributed by atoms with van der Waals surface area (Å²) in [5.41, 5.74) is 11.3. The first-order valence-corrected chi connectivity index (χ1v) is 23.9. The number of anilines is 2. The zero-order valence-electron chi connectivity index (χ0n) is 43.8. The third-order valence-electron chi connectivity index (χ3n) is 13.9. The summed E-state index contributed by atoms with van der Waals surface area (Å²) in [5, 5.41) is 2.10. The molecule has 6 heteroatoms. The van der Waals surface area contributed by atoms with Crippen LogP contribution in [0.15, 0.2) is 182 Å². The minimum Gasteiger partial charge on any atom is -0.509 e. The Kier molecular flexibility index (Phi) is 12.1. The van der Waals surface area contributed by atoms with Crippen molar-refractivity contribution in [1.82, 2.24) is 9.55 Å².